The predicted octanol–water partition coefficient (Wildman–Crippen LogP) is 2.36. The van der Waals surface area contributed by atoms with E-state index < -0.39 is 17.2 Å². The molecule has 0 saturated carbocycles. The highest BCUT2D eigenvalue weighted by molar-refractivity contribution is 7.22. The van der Waals surface area contributed by atoms with E-state index in [1.54, 1.807) is 12.1 Å². The number of fused-ring (bicyclic) bond motifs is 1. The molecule has 1 amide bonds. The highest BCUT2D eigenvalue weighted by atomic mass is 35.5. The van der Waals surface area contributed by atoms with Crippen LogP contribution in [0.4, 0.5) is 10.8 Å². The van der Waals surface area contributed by atoms with Gasteiger partial charge in [-0.25, -0.2) is 9.78 Å². The molecular weight excluding hydrogens is 414 g/mol. The van der Waals surface area contributed by atoms with Gasteiger partial charge >= 0.3 is 5.69 Å². The van der Waals surface area contributed by atoms with Crippen molar-refractivity contribution in [1.82, 2.24) is 14.1 Å². The van der Waals surface area contributed by atoms with Crippen molar-refractivity contribution in [3.63, 3.8) is 0 Å². The molecule has 10 heteroatoms. The number of anilines is 2. The Labute approximate surface area is 175 Å². The molecule has 1 aromatic carbocycles. The van der Waals surface area contributed by atoms with Crippen LogP contribution in [-0.4, -0.2) is 33.1 Å². The van der Waals surface area contributed by atoms with Crippen LogP contribution in [0.1, 0.15) is 18.4 Å². The molecular formula is C19H20ClN5O3S. The van der Waals surface area contributed by atoms with Crippen molar-refractivity contribution in [1.29, 1.82) is 0 Å². The van der Waals surface area contributed by atoms with Gasteiger partial charge in [-0.3, -0.25) is 18.7 Å². The van der Waals surface area contributed by atoms with Gasteiger partial charge < -0.3 is 10.2 Å². The molecule has 1 aliphatic rings. The molecule has 29 heavy (non-hydrogen) atoms. The topological polar surface area (TPSA) is 89.2 Å². The summed E-state index contributed by atoms with van der Waals surface area (Å²) in [4.78, 5) is 44.6. The quantitative estimate of drug-likeness (QED) is 0.682. The molecule has 0 radical (unpaired) electrons. The lowest BCUT2D eigenvalue weighted by atomic mass is 10.2. The van der Waals surface area contributed by atoms with E-state index in [2.05, 4.69) is 15.2 Å². The van der Waals surface area contributed by atoms with Gasteiger partial charge in [0, 0.05) is 20.1 Å². The number of nitrogens with zero attached hydrogens (tertiary/aromatic N) is 4. The predicted molar refractivity (Wildman–Crippen MR) is 115 cm³/mol. The second kappa shape index (κ2) is 7.64. The summed E-state index contributed by atoms with van der Waals surface area (Å²) in [6, 6.07) is 5.31. The number of carbonyl (C=O) groups excluding carboxylic acids is 1. The van der Waals surface area contributed by atoms with Crippen LogP contribution in [0.15, 0.2) is 27.8 Å². The number of aromatic nitrogens is 3. The summed E-state index contributed by atoms with van der Waals surface area (Å²) in [7, 11) is 1.41. The molecule has 3 aromatic rings. The number of halogens is 1. The van der Waals surface area contributed by atoms with E-state index in [9.17, 15) is 14.4 Å². The minimum absolute atomic E-state index is 0.246. The zero-order chi connectivity index (χ0) is 20.7. The lowest BCUT2D eigenvalue weighted by molar-refractivity contribution is -0.116. The van der Waals surface area contributed by atoms with E-state index in [1.807, 2.05) is 13.0 Å². The summed E-state index contributed by atoms with van der Waals surface area (Å²) in [5.74, 6) is -0.418. The molecule has 4 rings (SSSR count). The van der Waals surface area contributed by atoms with Crippen LogP contribution in [0, 0.1) is 6.92 Å². The summed E-state index contributed by atoms with van der Waals surface area (Å²) < 4.78 is 2.63. The number of para-hydroxylation sites is 1. The average Bonchev–Trinajstić information content (AvgIpc) is 3.36. The van der Waals surface area contributed by atoms with Crippen LogP contribution < -0.4 is 21.5 Å². The Kier molecular flexibility index (Phi) is 5.18. The van der Waals surface area contributed by atoms with Gasteiger partial charge in [-0.2, -0.15) is 0 Å². The third kappa shape index (κ3) is 3.56. The normalized spacial score (nSPS) is 14.0. The number of hydrogen-bond acceptors (Lipinski definition) is 6. The Bertz CT molecular complexity index is 1200. The highest BCUT2D eigenvalue weighted by Gasteiger charge is 2.22. The summed E-state index contributed by atoms with van der Waals surface area (Å²) >= 11 is 7.44. The van der Waals surface area contributed by atoms with Gasteiger partial charge in [-0.15, -0.1) is 0 Å². The first kappa shape index (κ1) is 19.7. The van der Waals surface area contributed by atoms with Gasteiger partial charge in [0.1, 0.15) is 11.2 Å². The number of carbonyl (C=O) groups is 1. The molecule has 152 valence electrons. The second-order valence-electron chi connectivity index (χ2n) is 7.06. The smallest absolute Gasteiger partial charge is 0.332 e. The Morgan fingerprint density at radius 3 is 2.69 bits per heavy atom. The Hall–Kier alpha value is -2.65. The fraction of sp³-hybridized carbons (Fsp3) is 0.368. The van der Waals surface area contributed by atoms with E-state index in [-0.39, 0.29) is 12.2 Å². The number of thiazole rings is 1. The van der Waals surface area contributed by atoms with Crippen molar-refractivity contribution in [2.24, 2.45) is 7.05 Å². The second-order valence-corrected chi connectivity index (χ2v) is 8.44. The van der Waals surface area contributed by atoms with Crippen molar-refractivity contribution in [2.45, 2.75) is 26.3 Å². The summed E-state index contributed by atoms with van der Waals surface area (Å²) in [6.07, 6.45) is 2.14. The van der Waals surface area contributed by atoms with Gasteiger partial charge in [0.05, 0.1) is 10.7 Å². The van der Waals surface area contributed by atoms with Crippen molar-refractivity contribution in [3.8, 4) is 0 Å². The van der Waals surface area contributed by atoms with Crippen molar-refractivity contribution in [3.05, 3.63) is 49.6 Å². The first-order chi connectivity index (χ1) is 13.9. The van der Waals surface area contributed by atoms with Crippen LogP contribution in [0.3, 0.4) is 0 Å². The number of hydrogen-bond donors (Lipinski definition) is 1. The molecule has 2 aromatic heterocycles. The maximum absolute atomic E-state index is 12.7. The molecule has 0 bridgehead atoms. The summed E-state index contributed by atoms with van der Waals surface area (Å²) in [5.41, 5.74) is 0.590. The van der Waals surface area contributed by atoms with Crippen molar-refractivity contribution < 1.29 is 4.79 Å². The Balaban J connectivity index is 1.73. The molecule has 0 aliphatic carbocycles. The average molecular weight is 434 g/mol. The molecule has 1 saturated heterocycles. The lowest BCUT2D eigenvalue weighted by Crippen LogP contribution is -2.40. The zero-order valence-electron chi connectivity index (χ0n) is 16.1. The molecule has 1 aliphatic heterocycles. The summed E-state index contributed by atoms with van der Waals surface area (Å²) in [6.45, 7) is 3.31. The van der Waals surface area contributed by atoms with E-state index in [4.69, 9.17) is 11.6 Å². The van der Waals surface area contributed by atoms with Gasteiger partial charge in [0.25, 0.3) is 5.56 Å². The Morgan fingerprint density at radius 2 is 2.00 bits per heavy atom. The van der Waals surface area contributed by atoms with Gasteiger partial charge in [0.2, 0.25) is 5.91 Å². The van der Waals surface area contributed by atoms with E-state index in [1.165, 1.54) is 23.0 Å². The standard InChI is InChI=1S/C19H20ClN5O3S/c1-11-6-5-7-12(20)14(11)21-13(26)10-25-16-15(17(27)23(2)19(25)28)29-18(22-16)24-8-3-4-9-24/h5-7H,3-4,8-10H2,1-2H3,(H,21,26). The van der Waals surface area contributed by atoms with Gasteiger partial charge in [-0.05, 0) is 31.4 Å². The third-order valence-electron chi connectivity index (χ3n) is 5.04. The monoisotopic (exact) mass is 433 g/mol. The number of amides is 1. The third-order valence-corrected chi connectivity index (χ3v) is 6.44. The van der Waals surface area contributed by atoms with Crippen LogP contribution in [0.25, 0.3) is 10.3 Å². The maximum Gasteiger partial charge on any atom is 0.332 e. The van der Waals surface area contributed by atoms with Crippen LogP contribution in [0.5, 0.6) is 0 Å². The lowest BCUT2D eigenvalue weighted by Gasteiger charge is -2.13. The molecule has 3 heterocycles. The molecule has 8 nitrogen and oxygen atoms in total. The van der Waals surface area contributed by atoms with Crippen molar-refractivity contribution >= 4 is 50.0 Å². The maximum atomic E-state index is 12.7. The first-order valence-electron chi connectivity index (χ1n) is 9.27. The number of aryl methyl sites for hydroxylation is 1. The molecule has 1 fully saturated rings. The van der Waals surface area contributed by atoms with Crippen LogP contribution in [-0.2, 0) is 18.4 Å². The van der Waals surface area contributed by atoms with E-state index in [0.29, 0.717) is 20.5 Å². The molecule has 1 N–H and O–H groups in total. The van der Waals surface area contributed by atoms with Gasteiger partial charge in [-0.1, -0.05) is 35.1 Å². The number of rotatable bonds is 4. The van der Waals surface area contributed by atoms with Crippen LogP contribution >= 0.6 is 22.9 Å². The number of nitrogens with one attached hydrogen (secondary N) is 1. The Morgan fingerprint density at radius 1 is 1.28 bits per heavy atom. The fourth-order valence-electron chi connectivity index (χ4n) is 3.43. The minimum Gasteiger partial charge on any atom is -0.348 e. The zero-order valence-corrected chi connectivity index (χ0v) is 17.6. The largest absolute Gasteiger partial charge is 0.348 e. The highest BCUT2D eigenvalue weighted by Crippen LogP contribution is 2.29. The SMILES string of the molecule is Cc1cccc(Cl)c1NC(=O)Cn1c(=O)n(C)c(=O)c2sc(N3CCCC3)nc21. The van der Waals surface area contributed by atoms with Crippen molar-refractivity contribution in [2.75, 3.05) is 23.3 Å². The van der Waals surface area contributed by atoms with E-state index >= 15 is 0 Å². The van der Waals surface area contributed by atoms with E-state index in [0.717, 1.165) is 36.1 Å². The van der Waals surface area contributed by atoms with Gasteiger partial charge in [0.15, 0.2) is 10.8 Å². The minimum atomic E-state index is -0.577. The molecule has 0 atom stereocenters. The first-order valence-corrected chi connectivity index (χ1v) is 10.5. The fourth-order valence-corrected chi connectivity index (χ4v) is 4.80. The molecule has 0 spiro atoms. The summed E-state index contributed by atoms with van der Waals surface area (Å²) in [5, 5.41) is 3.88. The molecule has 0 unspecified atom stereocenters. The number of benzene rings is 1. The van der Waals surface area contributed by atoms with Crippen LogP contribution in [0.2, 0.25) is 5.02 Å².